The molecule has 4 heterocycles. The van der Waals surface area contributed by atoms with Crippen LogP contribution in [-0.2, 0) is 13.1 Å². The van der Waals surface area contributed by atoms with Crippen LogP contribution in [0.4, 0.5) is 19.1 Å². The molecule has 0 N–H and O–H groups in total. The predicted molar refractivity (Wildman–Crippen MR) is 112 cm³/mol. The Kier molecular flexibility index (Phi) is 4.54. The molecular formula is C21H21ClF3N7O. The van der Waals surface area contributed by atoms with Crippen molar-refractivity contribution in [3.8, 4) is 5.69 Å². The number of aromatic nitrogens is 5. The van der Waals surface area contributed by atoms with Crippen LogP contribution in [0.5, 0.6) is 0 Å². The summed E-state index contributed by atoms with van der Waals surface area (Å²) in [7, 11) is 0. The highest BCUT2D eigenvalue weighted by Gasteiger charge is 2.55. The lowest BCUT2D eigenvalue weighted by Gasteiger charge is -2.58. The number of benzene rings is 1. The summed E-state index contributed by atoms with van der Waals surface area (Å²) in [6.07, 6.45) is -2.42. The molecule has 0 unspecified atom stereocenters. The van der Waals surface area contributed by atoms with E-state index in [-0.39, 0.29) is 24.4 Å². The standard InChI is InChI=1S/C21H21ClF3N7O/c1-12-26-19(29-33-12)31-9-20(10-31)5-14(6-20)18-28-27-17-8-30(11-21(23,24)25)7-13-4-15(22)2-3-16(13)32(17)18/h2-4,14H,5-11H2,1H3. The number of nitrogens with zero attached hydrogens (tertiary/aromatic N) is 7. The first kappa shape index (κ1) is 20.9. The van der Waals surface area contributed by atoms with Gasteiger partial charge in [0.2, 0.25) is 5.89 Å². The van der Waals surface area contributed by atoms with Crippen LogP contribution < -0.4 is 4.90 Å². The third kappa shape index (κ3) is 3.67. The molecule has 1 aliphatic carbocycles. The summed E-state index contributed by atoms with van der Waals surface area (Å²) in [6.45, 7) is 2.68. The van der Waals surface area contributed by atoms with Crippen LogP contribution in [0.25, 0.3) is 5.69 Å². The minimum Gasteiger partial charge on any atom is -0.338 e. The van der Waals surface area contributed by atoms with Crippen molar-refractivity contribution in [2.75, 3.05) is 24.5 Å². The molecule has 0 atom stereocenters. The summed E-state index contributed by atoms with van der Waals surface area (Å²) in [5.41, 5.74) is 1.72. The van der Waals surface area contributed by atoms with Crippen LogP contribution in [0.15, 0.2) is 22.7 Å². The molecule has 8 nitrogen and oxygen atoms in total. The van der Waals surface area contributed by atoms with E-state index in [1.165, 1.54) is 4.90 Å². The minimum absolute atomic E-state index is 0.0711. The van der Waals surface area contributed by atoms with Gasteiger partial charge in [-0.2, -0.15) is 18.2 Å². The smallest absolute Gasteiger partial charge is 0.338 e. The molecule has 0 amide bonds. The van der Waals surface area contributed by atoms with Crippen LogP contribution in [0.3, 0.4) is 0 Å². The molecule has 1 saturated heterocycles. The number of hydrogen-bond donors (Lipinski definition) is 0. The van der Waals surface area contributed by atoms with Gasteiger partial charge in [0.1, 0.15) is 5.82 Å². The molecule has 3 aromatic rings. The molecular weight excluding hydrogens is 459 g/mol. The third-order valence-corrected chi connectivity index (χ3v) is 7.01. The Morgan fingerprint density at radius 1 is 1.18 bits per heavy atom. The Bertz CT molecular complexity index is 1210. The van der Waals surface area contributed by atoms with E-state index in [0.717, 1.165) is 43.0 Å². The second-order valence-corrected chi connectivity index (χ2v) is 9.85. The van der Waals surface area contributed by atoms with Crippen LogP contribution >= 0.6 is 11.6 Å². The molecule has 1 saturated carbocycles. The molecule has 174 valence electrons. The zero-order chi connectivity index (χ0) is 23.0. The Morgan fingerprint density at radius 2 is 1.97 bits per heavy atom. The Morgan fingerprint density at radius 3 is 2.67 bits per heavy atom. The summed E-state index contributed by atoms with van der Waals surface area (Å²) < 4.78 is 46.5. The molecule has 2 fully saturated rings. The van der Waals surface area contributed by atoms with E-state index in [0.29, 0.717) is 22.7 Å². The molecule has 12 heteroatoms. The second-order valence-electron chi connectivity index (χ2n) is 9.42. The van der Waals surface area contributed by atoms with Gasteiger partial charge in [-0.25, -0.2) is 0 Å². The maximum Gasteiger partial charge on any atom is 0.401 e. The molecule has 2 aromatic heterocycles. The highest BCUT2D eigenvalue weighted by molar-refractivity contribution is 6.30. The first-order valence-corrected chi connectivity index (χ1v) is 11.1. The van der Waals surface area contributed by atoms with Crippen LogP contribution in [0.1, 0.15) is 41.9 Å². The molecule has 1 spiro atoms. The molecule has 2 aliphatic heterocycles. The number of alkyl halides is 3. The van der Waals surface area contributed by atoms with Crippen molar-refractivity contribution in [2.24, 2.45) is 5.41 Å². The van der Waals surface area contributed by atoms with Gasteiger partial charge in [-0.1, -0.05) is 11.6 Å². The lowest BCUT2D eigenvalue weighted by atomic mass is 9.57. The van der Waals surface area contributed by atoms with E-state index in [2.05, 4.69) is 25.2 Å². The van der Waals surface area contributed by atoms with Crippen LogP contribution in [-0.4, -0.2) is 55.6 Å². The van der Waals surface area contributed by atoms with Gasteiger partial charge in [0.15, 0.2) is 5.82 Å². The van der Waals surface area contributed by atoms with E-state index < -0.39 is 12.7 Å². The Labute approximate surface area is 192 Å². The molecule has 33 heavy (non-hydrogen) atoms. The minimum atomic E-state index is -4.30. The van der Waals surface area contributed by atoms with Crippen molar-refractivity contribution in [3.63, 3.8) is 0 Å². The molecule has 3 aliphatic rings. The van der Waals surface area contributed by atoms with Crippen molar-refractivity contribution in [2.45, 2.75) is 44.9 Å². The average Bonchev–Trinajstić information content (AvgIpc) is 3.22. The molecule has 0 radical (unpaired) electrons. The highest BCUT2D eigenvalue weighted by atomic mass is 35.5. The van der Waals surface area contributed by atoms with E-state index in [9.17, 15) is 13.2 Å². The SMILES string of the molecule is Cc1nc(N2CC3(CC(c4nnc5n4-c4ccc(Cl)cc4CN(CC(F)(F)F)C5)C3)C2)no1. The first-order valence-electron chi connectivity index (χ1n) is 10.8. The second kappa shape index (κ2) is 7.17. The average molecular weight is 480 g/mol. The van der Waals surface area contributed by atoms with Gasteiger partial charge in [-0.3, -0.25) is 9.47 Å². The van der Waals surface area contributed by atoms with Gasteiger partial charge < -0.3 is 9.42 Å². The van der Waals surface area contributed by atoms with Gasteiger partial charge in [0, 0.05) is 42.9 Å². The van der Waals surface area contributed by atoms with Crippen molar-refractivity contribution in [1.29, 1.82) is 0 Å². The Hall–Kier alpha value is -2.66. The molecule has 0 bridgehead atoms. The van der Waals surface area contributed by atoms with E-state index in [1.54, 1.807) is 19.1 Å². The van der Waals surface area contributed by atoms with E-state index >= 15 is 0 Å². The van der Waals surface area contributed by atoms with Crippen molar-refractivity contribution < 1.29 is 17.7 Å². The summed E-state index contributed by atoms with van der Waals surface area (Å²) in [6, 6.07) is 5.34. The molecule has 6 rings (SSSR count). The number of fused-ring (bicyclic) bond motifs is 3. The first-order chi connectivity index (χ1) is 15.7. The maximum atomic E-state index is 13.2. The zero-order valence-corrected chi connectivity index (χ0v) is 18.6. The van der Waals surface area contributed by atoms with Crippen LogP contribution in [0.2, 0.25) is 5.02 Å². The normalized spacial score (nSPS) is 20.2. The van der Waals surface area contributed by atoms with Gasteiger partial charge in [-0.05, 0) is 41.8 Å². The third-order valence-electron chi connectivity index (χ3n) is 6.78. The number of aryl methyl sites for hydroxylation is 1. The summed E-state index contributed by atoms with van der Waals surface area (Å²) in [5, 5.41) is 13.2. The van der Waals surface area contributed by atoms with E-state index in [4.69, 9.17) is 16.1 Å². The monoisotopic (exact) mass is 479 g/mol. The van der Waals surface area contributed by atoms with Crippen molar-refractivity contribution in [1.82, 2.24) is 29.8 Å². The van der Waals surface area contributed by atoms with Crippen molar-refractivity contribution in [3.05, 3.63) is 46.3 Å². The van der Waals surface area contributed by atoms with Gasteiger partial charge >= 0.3 is 6.18 Å². The number of hydrogen-bond acceptors (Lipinski definition) is 7. The predicted octanol–water partition coefficient (Wildman–Crippen LogP) is 3.87. The van der Waals surface area contributed by atoms with Gasteiger partial charge in [0.05, 0.1) is 18.8 Å². The summed E-state index contributed by atoms with van der Waals surface area (Å²) >= 11 is 6.18. The quantitative estimate of drug-likeness (QED) is 0.564. The lowest BCUT2D eigenvalue weighted by Crippen LogP contribution is -2.62. The van der Waals surface area contributed by atoms with Gasteiger partial charge in [0.25, 0.3) is 5.95 Å². The maximum absolute atomic E-state index is 13.2. The number of halogens is 4. The zero-order valence-electron chi connectivity index (χ0n) is 17.8. The largest absolute Gasteiger partial charge is 0.401 e. The summed E-state index contributed by atoms with van der Waals surface area (Å²) in [4.78, 5) is 7.72. The van der Waals surface area contributed by atoms with Gasteiger partial charge in [-0.15, -0.1) is 10.2 Å². The lowest BCUT2D eigenvalue weighted by molar-refractivity contribution is -0.148. The molecule has 1 aromatic carbocycles. The van der Waals surface area contributed by atoms with Crippen molar-refractivity contribution >= 4 is 17.5 Å². The Balaban J connectivity index is 1.25. The fourth-order valence-corrected chi connectivity index (χ4v) is 5.66. The fourth-order valence-electron chi connectivity index (χ4n) is 5.47. The van der Waals surface area contributed by atoms with E-state index in [1.807, 2.05) is 10.6 Å². The topological polar surface area (TPSA) is 76.1 Å². The fraction of sp³-hybridized carbons (Fsp3) is 0.524. The highest BCUT2D eigenvalue weighted by Crippen LogP contribution is 2.56. The number of rotatable bonds is 3. The number of anilines is 1. The van der Waals surface area contributed by atoms with Crippen LogP contribution in [0, 0.1) is 12.3 Å². The summed E-state index contributed by atoms with van der Waals surface area (Å²) in [5.74, 6) is 2.68.